The Morgan fingerprint density at radius 1 is 0.964 bits per heavy atom. The van der Waals surface area contributed by atoms with Crippen LogP contribution in [0.5, 0.6) is 0 Å². The summed E-state index contributed by atoms with van der Waals surface area (Å²) in [6.45, 7) is 3.16. The first-order valence-corrected chi connectivity index (χ1v) is 8.51. The second-order valence-corrected chi connectivity index (χ2v) is 6.00. The number of hydrazone groups is 2. The highest BCUT2D eigenvalue weighted by Crippen LogP contribution is 2.12. The number of carbonyl (C=O) groups excluding carboxylic acids is 3. The van der Waals surface area contributed by atoms with Crippen molar-refractivity contribution in [2.45, 2.75) is 39.4 Å². The van der Waals surface area contributed by atoms with Gasteiger partial charge in [0.05, 0.1) is 11.9 Å². The number of rotatable bonds is 10. The fourth-order valence-electron chi connectivity index (χ4n) is 1.72. The molecule has 0 heterocycles. The van der Waals surface area contributed by atoms with Crippen LogP contribution in [0.25, 0.3) is 0 Å². The molecule has 0 radical (unpaired) electrons. The first kappa shape index (κ1) is 25.1. The van der Waals surface area contributed by atoms with Gasteiger partial charge in [0.25, 0.3) is 0 Å². The zero-order valence-corrected chi connectivity index (χ0v) is 17.1. The molecule has 0 bridgehead atoms. The Bertz CT molecular complexity index is 669. The van der Waals surface area contributed by atoms with E-state index in [1.165, 1.54) is 13.1 Å². The van der Waals surface area contributed by atoms with Gasteiger partial charge in [-0.05, 0) is 24.4 Å². The van der Waals surface area contributed by atoms with Gasteiger partial charge in [-0.2, -0.15) is 10.2 Å². The summed E-state index contributed by atoms with van der Waals surface area (Å²) in [5, 5.41) is 7.43. The summed E-state index contributed by atoms with van der Waals surface area (Å²) < 4.78 is 15.2. The standard InChI is InChI=1S/C14H22N6O6S2/c1-7(21)24-6-12(26-9(3)23)11(25-8(2)22)4-10(18-20-14(16)28)5-17-19-13(15)27/h5,11-12H,4,6H2,1-3H3,(H3,15,19,27)(H3,16,20,28)/b17-5+,18-10+/t11-,12+/m0/s1. The molecule has 12 nitrogen and oxygen atoms in total. The lowest BCUT2D eigenvalue weighted by molar-refractivity contribution is -0.172. The average molecular weight is 435 g/mol. The molecule has 0 aliphatic heterocycles. The van der Waals surface area contributed by atoms with Gasteiger partial charge in [0, 0.05) is 27.2 Å². The quantitative estimate of drug-likeness (QED) is 0.106. The Balaban J connectivity index is 5.62. The fraction of sp³-hybridized carbons (Fsp3) is 0.500. The van der Waals surface area contributed by atoms with Crippen molar-refractivity contribution in [1.29, 1.82) is 0 Å². The lowest BCUT2D eigenvalue weighted by Crippen LogP contribution is -2.40. The minimum absolute atomic E-state index is 0.0953. The maximum absolute atomic E-state index is 11.5. The number of hydrogen-bond acceptors (Lipinski definition) is 10. The first-order valence-electron chi connectivity index (χ1n) is 7.69. The molecule has 0 aromatic carbocycles. The minimum Gasteiger partial charge on any atom is -0.462 e. The second-order valence-electron chi connectivity index (χ2n) is 5.12. The van der Waals surface area contributed by atoms with Gasteiger partial charge >= 0.3 is 17.9 Å². The third-order valence-electron chi connectivity index (χ3n) is 2.61. The summed E-state index contributed by atoms with van der Waals surface area (Å²) in [4.78, 5) is 34.0. The molecule has 28 heavy (non-hydrogen) atoms. The van der Waals surface area contributed by atoms with Crippen molar-refractivity contribution in [3.8, 4) is 0 Å². The molecule has 0 aliphatic carbocycles. The smallest absolute Gasteiger partial charge is 0.303 e. The highest BCUT2D eigenvalue weighted by molar-refractivity contribution is 7.80. The van der Waals surface area contributed by atoms with E-state index in [0.29, 0.717) is 0 Å². The third-order valence-corrected chi connectivity index (χ3v) is 2.79. The molecular formula is C14H22N6O6S2. The third kappa shape index (κ3) is 13.3. The molecule has 0 aromatic rings. The maximum Gasteiger partial charge on any atom is 0.303 e. The normalized spacial score (nSPS) is 13.2. The van der Waals surface area contributed by atoms with Crippen LogP contribution in [0, 0.1) is 0 Å². The largest absolute Gasteiger partial charge is 0.462 e. The summed E-state index contributed by atoms with van der Waals surface area (Å²) in [5.74, 6) is -1.94. The van der Waals surface area contributed by atoms with Crippen LogP contribution in [-0.4, -0.2) is 58.9 Å². The molecular weight excluding hydrogens is 412 g/mol. The van der Waals surface area contributed by atoms with Crippen LogP contribution < -0.4 is 22.3 Å². The number of carbonyl (C=O) groups is 3. The zero-order chi connectivity index (χ0) is 21.7. The molecule has 0 saturated carbocycles. The molecule has 6 N–H and O–H groups in total. The Kier molecular flexibility index (Phi) is 12.0. The van der Waals surface area contributed by atoms with Gasteiger partial charge < -0.3 is 25.7 Å². The number of ether oxygens (including phenoxy) is 3. The summed E-state index contributed by atoms with van der Waals surface area (Å²) in [6.07, 6.45) is -1.07. The maximum atomic E-state index is 11.5. The van der Waals surface area contributed by atoms with E-state index in [2.05, 4.69) is 45.5 Å². The van der Waals surface area contributed by atoms with Crippen molar-refractivity contribution in [2.75, 3.05) is 6.61 Å². The fourth-order valence-corrected chi connectivity index (χ4v) is 1.82. The highest BCUT2D eigenvalue weighted by Gasteiger charge is 2.30. The van der Waals surface area contributed by atoms with Crippen molar-refractivity contribution >= 4 is 64.5 Å². The predicted molar refractivity (Wildman–Crippen MR) is 108 cm³/mol. The molecule has 0 saturated heterocycles. The van der Waals surface area contributed by atoms with Gasteiger partial charge in [0.2, 0.25) is 0 Å². The van der Waals surface area contributed by atoms with Crippen molar-refractivity contribution in [3.63, 3.8) is 0 Å². The Hall–Kier alpha value is -2.87. The monoisotopic (exact) mass is 434 g/mol. The van der Waals surface area contributed by atoms with Crippen molar-refractivity contribution in [2.24, 2.45) is 21.7 Å². The van der Waals surface area contributed by atoms with Gasteiger partial charge in [0.15, 0.2) is 16.3 Å². The van der Waals surface area contributed by atoms with Crippen LogP contribution in [0.1, 0.15) is 27.2 Å². The van der Waals surface area contributed by atoms with Crippen LogP contribution in [0.15, 0.2) is 10.2 Å². The molecule has 0 unspecified atom stereocenters. The molecule has 0 aromatic heterocycles. The molecule has 156 valence electrons. The van der Waals surface area contributed by atoms with E-state index >= 15 is 0 Å². The molecule has 0 rings (SSSR count). The van der Waals surface area contributed by atoms with E-state index in [1.54, 1.807) is 0 Å². The van der Waals surface area contributed by atoms with E-state index in [4.69, 9.17) is 25.7 Å². The van der Waals surface area contributed by atoms with E-state index in [9.17, 15) is 14.4 Å². The summed E-state index contributed by atoms with van der Waals surface area (Å²) in [5.41, 5.74) is 15.5. The number of nitrogens with zero attached hydrogens (tertiary/aromatic N) is 2. The molecule has 0 spiro atoms. The number of nitrogens with one attached hydrogen (secondary N) is 2. The Morgan fingerprint density at radius 3 is 1.96 bits per heavy atom. The van der Waals surface area contributed by atoms with E-state index in [1.807, 2.05) is 0 Å². The summed E-state index contributed by atoms with van der Waals surface area (Å²) >= 11 is 9.30. The van der Waals surface area contributed by atoms with E-state index < -0.39 is 30.1 Å². The SMILES string of the molecule is CC(=O)OC[C@@H](OC(C)=O)[C@H](CC(/C=N/NC(N)=S)=N\NC(N)=S)OC(C)=O. The van der Waals surface area contributed by atoms with Crippen molar-refractivity contribution < 1.29 is 28.6 Å². The zero-order valence-electron chi connectivity index (χ0n) is 15.5. The van der Waals surface area contributed by atoms with Crippen molar-refractivity contribution in [3.05, 3.63) is 0 Å². The lowest BCUT2D eigenvalue weighted by atomic mass is 10.1. The number of nitrogens with two attached hydrogens (primary N) is 2. The number of thiocarbonyl (C=S) groups is 2. The second kappa shape index (κ2) is 13.3. The predicted octanol–water partition coefficient (Wildman–Crippen LogP) is -1.19. The van der Waals surface area contributed by atoms with Crippen LogP contribution in [-0.2, 0) is 28.6 Å². The molecule has 14 heteroatoms. The van der Waals surface area contributed by atoms with Gasteiger partial charge in [0.1, 0.15) is 12.7 Å². The summed E-state index contributed by atoms with van der Waals surface area (Å²) in [7, 11) is 0. The lowest BCUT2D eigenvalue weighted by Gasteiger charge is -2.25. The van der Waals surface area contributed by atoms with Gasteiger partial charge in [-0.15, -0.1) is 0 Å². The van der Waals surface area contributed by atoms with Crippen LogP contribution in [0.4, 0.5) is 0 Å². The summed E-state index contributed by atoms with van der Waals surface area (Å²) in [6, 6.07) is 0. The van der Waals surface area contributed by atoms with Gasteiger partial charge in [-0.3, -0.25) is 25.2 Å². The van der Waals surface area contributed by atoms with Crippen LogP contribution in [0.3, 0.4) is 0 Å². The van der Waals surface area contributed by atoms with E-state index in [-0.39, 0.29) is 29.0 Å². The first-order chi connectivity index (χ1) is 13.0. The number of hydrogen-bond donors (Lipinski definition) is 4. The van der Waals surface area contributed by atoms with Crippen LogP contribution >= 0.6 is 24.4 Å². The molecule has 2 atom stereocenters. The Labute approximate surface area is 172 Å². The average Bonchev–Trinajstić information content (AvgIpc) is 2.54. The minimum atomic E-state index is -1.10. The van der Waals surface area contributed by atoms with Gasteiger partial charge in [-0.1, -0.05) is 0 Å². The number of esters is 3. The molecule has 0 amide bonds. The Morgan fingerprint density at radius 2 is 1.50 bits per heavy atom. The van der Waals surface area contributed by atoms with Gasteiger partial charge in [-0.25, -0.2) is 0 Å². The van der Waals surface area contributed by atoms with E-state index in [0.717, 1.165) is 13.8 Å². The molecule has 0 fully saturated rings. The van der Waals surface area contributed by atoms with Crippen molar-refractivity contribution in [1.82, 2.24) is 10.9 Å². The topological polar surface area (TPSA) is 180 Å². The highest BCUT2D eigenvalue weighted by atomic mass is 32.1. The van der Waals surface area contributed by atoms with Crippen LogP contribution in [0.2, 0.25) is 0 Å². The molecule has 0 aliphatic rings.